The van der Waals surface area contributed by atoms with E-state index in [1.807, 2.05) is 30.3 Å². The fourth-order valence-electron chi connectivity index (χ4n) is 2.70. The van der Waals surface area contributed by atoms with Crippen molar-refractivity contribution >= 4 is 11.6 Å². The molecule has 3 aromatic rings. The summed E-state index contributed by atoms with van der Waals surface area (Å²) in [6, 6.07) is 16.3. The minimum atomic E-state index is -0.212. The van der Waals surface area contributed by atoms with Gasteiger partial charge in [-0.25, -0.2) is 9.97 Å². The first kappa shape index (κ1) is 19.4. The second kappa shape index (κ2) is 7.69. The van der Waals surface area contributed by atoms with Gasteiger partial charge in [-0.15, -0.1) is 0 Å². The van der Waals surface area contributed by atoms with Crippen LogP contribution in [0.3, 0.4) is 0 Å². The summed E-state index contributed by atoms with van der Waals surface area (Å²) in [6.45, 7) is 10.8. The van der Waals surface area contributed by atoms with Gasteiger partial charge in [-0.1, -0.05) is 74.8 Å². The molecule has 0 N–H and O–H groups in total. The molecule has 3 rings (SSSR count). The molecule has 0 fully saturated rings. The molecule has 0 aliphatic rings. The van der Waals surface area contributed by atoms with Crippen LogP contribution in [0.5, 0.6) is 5.75 Å². The van der Waals surface area contributed by atoms with Crippen molar-refractivity contribution in [3.05, 3.63) is 76.2 Å². The van der Waals surface area contributed by atoms with E-state index in [0.29, 0.717) is 23.3 Å². The van der Waals surface area contributed by atoms with Gasteiger partial charge in [-0.2, -0.15) is 0 Å². The van der Waals surface area contributed by atoms with E-state index in [9.17, 15) is 0 Å². The van der Waals surface area contributed by atoms with Crippen molar-refractivity contribution in [3.63, 3.8) is 0 Å². The third-order valence-corrected chi connectivity index (χ3v) is 4.76. The molecule has 27 heavy (non-hydrogen) atoms. The van der Waals surface area contributed by atoms with Crippen molar-refractivity contribution in [3.8, 4) is 17.0 Å². The SMILES string of the molecule is Cc1ccc(-c2nc(C(C)(C)C)nc(Cl)c2OCc2ccccc2)cc1C. The Morgan fingerprint density at radius 3 is 2.26 bits per heavy atom. The van der Waals surface area contributed by atoms with Crippen LogP contribution >= 0.6 is 11.6 Å². The van der Waals surface area contributed by atoms with Crippen LogP contribution in [0.4, 0.5) is 0 Å². The van der Waals surface area contributed by atoms with Crippen LogP contribution in [0.15, 0.2) is 48.5 Å². The number of aromatic nitrogens is 2. The first-order valence-electron chi connectivity index (χ1n) is 9.08. The van der Waals surface area contributed by atoms with Crippen molar-refractivity contribution in [1.29, 1.82) is 0 Å². The second-order valence-electron chi connectivity index (χ2n) is 7.84. The van der Waals surface area contributed by atoms with Crippen molar-refractivity contribution in [1.82, 2.24) is 9.97 Å². The summed E-state index contributed by atoms with van der Waals surface area (Å²) in [4.78, 5) is 9.35. The number of halogens is 1. The van der Waals surface area contributed by atoms with Gasteiger partial charge < -0.3 is 4.74 Å². The number of rotatable bonds is 4. The molecule has 0 aliphatic carbocycles. The monoisotopic (exact) mass is 380 g/mol. The van der Waals surface area contributed by atoms with Crippen molar-refractivity contribution in [2.24, 2.45) is 0 Å². The number of hydrogen-bond acceptors (Lipinski definition) is 3. The van der Waals surface area contributed by atoms with Crippen molar-refractivity contribution in [2.45, 2.75) is 46.6 Å². The Bertz CT molecular complexity index is 947. The second-order valence-corrected chi connectivity index (χ2v) is 8.20. The van der Waals surface area contributed by atoms with E-state index in [-0.39, 0.29) is 5.41 Å². The Labute approximate surface area is 166 Å². The average Bonchev–Trinajstić information content (AvgIpc) is 2.62. The minimum absolute atomic E-state index is 0.212. The Balaban J connectivity index is 2.08. The molecule has 0 amide bonds. The predicted molar refractivity (Wildman–Crippen MR) is 111 cm³/mol. The lowest BCUT2D eigenvalue weighted by molar-refractivity contribution is 0.304. The first-order chi connectivity index (χ1) is 12.8. The number of nitrogens with zero attached hydrogens (tertiary/aromatic N) is 2. The highest BCUT2D eigenvalue weighted by Gasteiger charge is 2.23. The van der Waals surface area contributed by atoms with E-state index in [1.54, 1.807) is 0 Å². The number of hydrogen-bond donors (Lipinski definition) is 0. The van der Waals surface area contributed by atoms with Crippen LogP contribution in [0.2, 0.25) is 5.15 Å². The minimum Gasteiger partial charge on any atom is -0.483 e. The molecule has 0 aliphatic heterocycles. The Hall–Kier alpha value is -2.39. The van der Waals surface area contributed by atoms with Crippen LogP contribution in [-0.4, -0.2) is 9.97 Å². The normalized spacial score (nSPS) is 11.5. The summed E-state index contributed by atoms with van der Waals surface area (Å²) < 4.78 is 6.09. The maximum absolute atomic E-state index is 6.55. The zero-order valence-corrected chi connectivity index (χ0v) is 17.3. The standard InChI is InChI=1S/C23H25ClN2O/c1-15-11-12-18(13-16(15)2)19-20(27-14-17-9-7-6-8-10-17)21(24)26-22(25-19)23(3,4)5/h6-13H,14H2,1-5H3. The summed E-state index contributed by atoms with van der Waals surface area (Å²) in [7, 11) is 0. The van der Waals surface area contributed by atoms with E-state index in [1.165, 1.54) is 11.1 Å². The van der Waals surface area contributed by atoms with Crippen LogP contribution in [0, 0.1) is 13.8 Å². The molecule has 140 valence electrons. The highest BCUT2D eigenvalue weighted by molar-refractivity contribution is 6.31. The molecule has 0 unspecified atom stereocenters. The summed E-state index contributed by atoms with van der Waals surface area (Å²) in [5.74, 6) is 1.23. The molecule has 4 heteroatoms. The van der Waals surface area contributed by atoms with Gasteiger partial charge in [0, 0.05) is 11.0 Å². The topological polar surface area (TPSA) is 35.0 Å². The lowest BCUT2D eigenvalue weighted by Gasteiger charge is -2.20. The molecule has 2 aromatic carbocycles. The molecule has 0 spiro atoms. The molecule has 0 radical (unpaired) electrons. The number of ether oxygens (including phenoxy) is 1. The molecule has 0 atom stereocenters. The lowest BCUT2D eigenvalue weighted by Crippen LogP contribution is -2.17. The van der Waals surface area contributed by atoms with Gasteiger partial charge in [-0.3, -0.25) is 0 Å². The van der Waals surface area contributed by atoms with Crippen LogP contribution in [0.25, 0.3) is 11.3 Å². The molecular formula is C23H25ClN2O. The zero-order chi connectivity index (χ0) is 19.6. The third-order valence-electron chi connectivity index (χ3n) is 4.50. The fourth-order valence-corrected chi connectivity index (χ4v) is 2.92. The highest BCUT2D eigenvalue weighted by atomic mass is 35.5. The highest BCUT2D eigenvalue weighted by Crippen LogP contribution is 2.37. The summed E-state index contributed by atoms with van der Waals surface area (Å²) in [6.07, 6.45) is 0. The van der Waals surface area contributed by atoms with Crippen LogP contribution in [0.1, 0.15) is 43.3 Å². The Kier molecular flexibility index (Phi) is 5.52. The first-order valence-corrected chi connectivity index (χ1v) is 9.46. The van der Waals surface area contributed by atoms with Gasteiger partial charge in [0.25, 0.3) is 0 Å². The molecule has 0 saturated heterocycles. The Morgan fingerprint density at radius 2 is 1.63 bits per heavy atom. The molecule has 3 nitrogen and oxygen atoms in total. The van der Waals surface area contributed by atoms with Crippen LogP contribution < -0.4 is 4.74 Å². The van der Waals surface area contributed by atoms with E-state index in [4.69, 9.17) is 21.3 Å². The molecule has 1 heterocycles. The maximum atomic E-state index is 6.55. The lowest BCUT2D eigenvalue weighted by atomic mass is 9.95. The number of aryl methyl sites for hydroxylation is 2. The van der Waals surface area contributed by atoms with E-state index in [2.05, 4.69) is 57.8 Å². The zero-order valence-electron chi connectivity index (χ0n) is 16.5. The maximum Gasteiger partial charge on any atom is 0.183 e. The van der Waals surface area contributed by atoms with E-state index < -0.39 is 0 Å². The number of benzene rings is 2. The van der Waals surface area contributed by atoms with E-state index >= 15 is 0 Å². The fraction of sp³-hybridized carbons (Fsp3) is 0.304. The molecule has 0 saturated carbocycles. The molecular weight excluding hydrogens is 356 g/mol. The average molecular weight is 381 g/mol. The van der Waals surface area contributed by atoms with Crippen LogP contribution in [-0.2, 0) is 12.0 Å². The molecule has 1 aromatic heterocycles. The summed E-state index contributed by atoms with van der Waals surface area (Å²) in [5, 5.41) is 0.346. The summed E-state index contributed by atoms with van der Waals surface area (Å²) in [5.41, 5.74) is 5.01. The van der Waals surface area contributed by atoms with Crippen molar-refractivity contribution in [2.75, 3.05) is 0 Å². The Morgan fingerprint density at radius 1 is 0.926 bits per heavy atom. The summed E-state index contributed by atoms with van der Waals surface area (Å²) >= 11 is 6.55. The van der Waals surface area contributed by atoms with Gasteiger partial charge in [0.15, 0.2) is 10.9 Å². The van der Waals surface area contributed by atoms with Gasteiger partial charge in [0.05, 0.1) is 0 Å². The predicted octanol–water partition coefficient (Wildman–Crippen LogP) is 6.29. The third kappa shape index (κ3) is 4.48. The smallest absolute Gasteiger partial charge is 0.183 e. The van der Waals surface area contributed by atoms with Gasteiger partial charge >= 0.3 is 0 Å². The van der Waals surface area contributed by atoms with E-state index in [0.717, 1.165) is 16.8 Å². The largest absolute Gasteiger partial charge is 0.483 e. The quantitative estimate of drug-likeness (QED) is 0.499. The molecule has 0 bridgehead atoms. The van der Waals surface area contributed by atoms with Gasteiger partial charge in [0.2, 0.25) is 0 Å². The van der Waals surface area contributed by atoms with Crippen molar-refractivity contribution < 1.29 is 4.74 Å². The van der Waals surface area contributed by atoms with Gasteiger partial charge in [0.1, 0.15) is 18.1 Å². The van der Waals surface area contributed by atoms with Gasteiger partial charge in [-0.05, 0) is 36.6 Å².